The maximum Gasteiger partial charge on any atom is 0.472 e. The van der Waals surface area contributed by atoms with Crippen LogP contribution in [-0.4, -0.2) is 66.5 Å². The minimum Gasteiger partial charge on any atom is -0.462 e. The number of rotatable bonds is 47. The molecule has 2 N–H and O–H groups in total. The van der Waals surface area contributed by atoms with E-state index in [2.05, 4.69) is 57.2 Å². The number of carbonyl (C=O) groups is 3. The second-order valence-electron chi connectivity index (χ2n) is 17.0. The van der Waals surface area contributed by atoms with Gasteiger partial charge in [0, 0.05) is 19.3 Å². The van der Waals surface area contributed by atoms with E-state index in [-0.39, 0.29) is 25.9 Å². The van der Waals surface area contributed by atoms with Gasteiger partial charge in [-0.2, -0.15) is 0 Å². The summed E-state index contributed by atoms with van der Waals surface area (Å²) in [6.07, 6.45) is 46.7. The average Bonchev–Trinajstić information content (AvgIpc) is 3.28. The largest absolute Gasteiger partial charge is 0.472 e. The molecule has 0 heterocycles. The van der Waals surface area contributed by atoms with Crippen LogP contribution in [0.4, 0.5) is 0 Å². The van der Waals surface area contributed by atoms with Gasteiger partial charge in [0.25, 0.3) is 0 Å². The van der Waals surface area contributed by atoms with Gasteiger partial charge in [0.2, 0.25) is 0 Å². The zero-order chi connectivity index (χ0) is 47.0. The molecule has 0 aliphatic rings. The molecule has 0 spiro atoms. The van der Waals surface area contributed by atoms with Gasteiger partial charge in [0.1, 0.15) is 12.7 Å². The Balaban J connectivity index is 4.81. The molecule has 0 bridgehead atoms. The number of hydrogen-bond donors (Lipinski definition) is 2. The average molecular weight is 925 g/mol. The number of unbranched alkanes of at least 4 members (excludes halogenated alkanes) is 22. The summed E-state index contributed by atoms with van der Waals surface area (Å²) < 4.78 is 39.2. The van der Waals surface area contributed by atoms with E-state index in [0.717, 1.165) is 64.2 Å². The van der Waals surface area contributed by atoms with Crippen molar-refractivity contribution in [3.63, 3.8) is 0 Å². The molecule has 0 aliphatic heterocycles. The topological polar surface area (TPSA) is 155 Å². The first-order valence-electron chi connectivity index (χ1n) is 25.5. The van der Waals surface area contributed by atoms with Gasteiger partial charge in [-0.3, -0.25) is 23.4 Å². The molecule has 0 aromatic rings. The first-order valence-corrected chi connectivity index (χ1v) is 27.0. The van der Waals surface area contributed by atoms with Crippen LogP contribution < -0.4 is 0 Å². The van der Waals surface area contributed by atoms with Crippen LogP contribution in [0.1, 0.15) is 226 Å². The smallest absolute Gasteiger partial charge is 0.462 e. The highest BCUT2D eigenvalue weighted by atomic mass is 31.2. The van der Waals surface area contributed by atoms with Gasteiger partial charge in [-0.25, -0.2) is 4.57 Å². The summed E-state index contributed by atoms with van der Waals surface area (Å²) in [5, 5.41) is 9.75. The van der Waals surface area contributed by atoms with Crippen LogP contribution in [0.5, 0.6) is 0 Å². The van der Waals surface area contributed by atoms with Crippen molar-refractivity contribution in [2.75, 3.05) is 26.4 Å². The molecule has 0 saturated heterocycles. The quantitative estimate of drug-likeness (QED) is 0.0197. The van der Waals surface area contributed by atoms with E-state index < -0.39 is 57.8 Å². The Labute approximate surface area is 390 Å². The van der Waals surface area contributed by atoms with Gasteiger partial charge in [0.05, 0.1) is 19.8 Å². The monoisotopic (exact) mass is 925 g/mol. The van der Waals surface area contributed by atoms with E-state index in [1.54, 1.807) is 0 Å². The number of allylic oxidation sites excluding steroid dienone is 8. The summed E-state index contributed by atoms with van der Waals surface area (Å²) in [5.41, 5.74) is 0. The van der Waals surface area contributed by atoms with E-state index in [9.17, 15) is 28.9 Å². The summed E-state index contributed by atoms with van der Waals surface area (Å²) >= 11 is 0. The molecular weight excluding hydrogens is 832 g/mol. The number of ether oxygens (including phenoxy) is 3. The zero-order valence-electron chi connectivity index (χ0n) is 40.7. The lowest BCUT2D eigenvalue weighted by Crippen LogP contribution is -2.30. The third kappa shape index (κ3) is 44.6. The maximum absolute atomic E-state index is 12.8. The third-order valence-corrected chi connectivity index (χ3v) is 11.7. The SMILES string of the molecule is CC/C=C\C/C=C\C/C=C\C/C=C\CCC(=O)OC(COC(=O)CCCCCCCCCCCCCCC)COP(=O)(O)OCC(CO)OC(=O)CCCCCCCCCCCCC. The maximum atomic E-state index is 12.8. The third-order valence-electron chi connectivity index (χ3n) is 10.8. The number of aliphatic hydroxyl groups is 1. The molecule has 0 aliphatic carbocycles. The molecule has 0 fully saturated rings. The lowest BCUT2D eigenvalue weighted by atomic mass is 10.0. The fourth-order valence-electron chi connectivity index (χ4n) is 6.90. The number of hydrogen-bond acceptors (Lipinski definition) is 10. The lowest BCUT2D eigenvalue weighted by molar-refractivity contribution is -0.161. The summed E-state index contributed by atoms with van der Waals surface area (Å²) in [4.78, 5) is 48.2. The van der Waals surface area contributed by atoms with E-state index in [4.69, 9.17) is 23.3 Å². The molecule has 0 aromatic carbocycles. The van der Waals surface area contributed by atoms with Crippen molar-refractivity contribution >= 4 is 25.7 Å². The second kappa shape index (κ2) is 47.0. The van der Waals surface area contributed by atoms with E-state index in [0.29, 0.717) is 19.3 Å². The lowest BCUT2D eigenvalue weighted by Gasteiger charge is -2.21. The van der Waals surface area contributed by atoms with Crippen LogP contribution in [0.25, 0.3) is 0 Å². The molecule has 0 saturated carbocycles. The Morgan fingerprint density at radius 3 is 1.25 bits per heavy atom. The Morgan fingerprint density at radius 2 is 0.812 bits per heavy atom. The Morgan fingerprint density at radius 1 is 0.453 bits per heavy atom. The normalized spacial score (nSPS) is 13.9. The molecule has 12 heteroatoms. The molecule has 64 heavy (non-hydrogen) atoms. The summed E-state index contributed by atoms with van der Waals surface area (Å²) in [6, 6.07) is 0. The van der Waals surface area contributed by atoms with Gasteiger partial charge >= 0.3 is 25.7 Å². The highest BCUT2D eigenvalue weighted by Gasteiger charge is 2.28. The minimum atomic E-state index is -4.75. The fraction of sp³-hybridized carbons (Fsp3) is 0.788. The van der Waals surface area contributed by atoms with E-state index >= 15 is 0 Å². The number of phosphoric ester groups is 1. The summed E-state index contributed by atoms with van der Waals surface area (Å²) in [5.74, 6) is -1.55. The predicted octanol–water partition coefficient (Wildman–Crippen LogP) is 14.2. The molecule has 372 valence electrons. The highest BCUT2D eigenvalue weighted by Crippen LogP contribution is 2.43. The molecule has 0 rings (SSSR count). The van der Waals surface area contributed by atoms with Crippen molar-refractivity contribution in [1.82, 2.24) is 0 Å². The van der Waals surface area contributed by atoms with Gasteiger partial charge in [-0.15, -0.1) is 0 Å². The van der Waals surface area contributed by atoms with Crippen LogP contribution in [0.2, 0.25) is 0 Å². The van der Waals surface area contributed by atoms with Crippen molar-refractivity contribution in [2.24, 2.45) is 0 Å². The Kier molecular flexibility index (Phi) is 45.1. The first kappa shape index (κ1) is 61.4. The van der Waals surface area contributed by atoms with Crippen LogP contribution >= 0.6 is 7.82 Å². The second-order valence-corrected chi connectivity index (χ2v) is 18.4. The number of aliphatic hydroxyl groups excluding tert-OH is 1. The number of carbonyl (C=O) groups excluding carboxylic acids is 3. The van der Waals surface area contributed by atoms with Gasteiger partial charge in [-0.05, 0) is 44.9 Å². The van der Waals surface area contributed by atoms with Crippen molar-refractivity contribution < 1.29 is 52.2 Å². The van der Waals surface area contributed by atoms with Crippen LogP contribution in [0.3, 0.4) is 0 Å². The highest BCUT2D eigenvalue weighted by molar-refractivity contribution is 7.47. The molecule has 0 aromatic heterocycles. The predicted molar refractivity (Wildman–Crippen MR) is 261 cm³/mol. The van der Waals surface area contributed by atoms with Crippen molar-refractivity contribution in [2.45, 2.75) is 238 Å². The summed E-state index contributed by atoms with van der Waals surface area (Å²) in [6.45, 7) is 4.43. The van der Waals surface area contributed by atoms with Crippen LogP contribution in [0.15, 0.2) is 48.6 Å². The van der Waals surface area contributed by atoms with Gasteiger partial charge < -0.3 is 24.2 Å². The van der Waals surface area contributed by atoms with Crippen molar-refractivity contribution in [1.29, 1.82) is 0 Å². The molecular formula is C52H93O11P. The summed E-state index contributed by atoms with van der Waals surface area (Å²) in [7, 11) is -4.75. The van der Waals surface area contributed by atoms with E-state index in [1.165, 1.54) is 103 Å². The van der Waals surface area contributed by atoms with Gasteiger partial charge in [-0.1, -0.05) is 211 Å². The number of phosphoric acid groups is 1. The first-order chi connectivity index (χ1) is 31.2. The Bertz CT molecular complexity index is 1260. The molecule has 3 unspecified atom stereocenters. The van der Waals surface area contributed by atoms with E-state index in [1.807, 2.05) is 12.2 Å². The molecule has 0 amide bonds. The molecule has 0 radical (unpaired) electrons. The minimum absolute atomic E-state index is 0.0493. The Hall–Kier alpha value is -2.56. The van der Waals surface area contributed by atoms with Crippen molar-refractivity contribution in [3.05, 3.63) is 48.6 Å². The van der Waals surface area contributed by atoms with Crippen LogP contribution in [-0.2, 0) is 42.2 Å². The van der Waals surface area contributed by atoms with Crippen LogP contribution in [0, 0.1) is 0 Å². The fourth-order valence-corrected chi connectivity index (χ4v) is 7.68. The molecule has 11 nitrogen and oxygen atoms in total. The zero-order valence-corrected chi connectivity index (χ0v) is 41.6. The van der Waals surface area contributed by atoms with Crippen molar-refractivity contribution in [3.8, 4) is 0 Å². The molecule has 3 atom stereocenters. The number of esters is 3. The van der Waals surface area contributed by atoms with Gasteiger partial charge in [0.15, 0.2) is 6.10 Å². The standard InChI is InChI=1S/C52H93O11P/c1-4-7-10-13-16-19-22-24-27-29-32-35-38-41-50(54)59-45-49(63-52(56)43-40-37-34-31-28-25-23-20-17-14-11-8-5-2)47-61-64(57,58)60-46-48(44-53)62-51(55)42-39-36-33-30-26-21-18-15-12-9-6-3/h8,11,17,20,25,28,34,37,48-49,53H,4-7,9-10,12-16,18-19,21-24,26-27,29-33,35-36,38-47H2,1-3H3,(H,57,58)/b11-8-,20-17-,28-25-,37-34-.